The lowest BCUT2D eigenvalue weighted by molar-refractivity contribution is 0.563. The largest absolute Gasteiger partial charge is 0.263 e. The highest BCUT2D eigenvalue weighted by molar-refractivity contribution is 9.10. The van der Waals surface area contributed by atoms with E-state index in [9.17, 15) is 4.79 Å². The van der Waals surface area contributed by atoms with Crippen LogP contribution >= 0.6 is 15.9 Å². The minimum absolute atomic E-state index is 0.474. The molecule has 0 spiro atoms. The smallest absolute Gasteiger partial charge is 0.234 e. The van der Waals surface area contributed by atoms with Crippen LogP contribution in [0.4, 0.5) is 0 Å². The summed E-state index contributed by atoms with van der Waals surface area (Å²) in [6.07, 6.45) is 5.69. The Labute approximate surface area is 78.7 Å². The highest BCUT2D eigenvalue weighted by Gasteiger charge is 1.93. The molecule has 0 aromatic carbocycles. The molecule has 0 bridgehead atoms. The summed E-state index contributed by atoms with van der Waals surface area (Å²) in [5, 5.41) is 0. The third-order valence-electron chi connectivity index (χ3n) is 1.34. The summed E-state index contributed by atoms with van der Waals surface area (Å²) in [6.45, 7) is 0.474. The van der Waals surface area contributed by atoms with Crippen LogP contribution in [0.3, 0.4) is 0 Å². The van der Waals surface area contributed by atoms with E-state index in [1.807, 2.05) is 6.07 Å². The summed E-state index contributed by atoms with van der Waals surface area (Å²) >= 11 is 3.30. The summed E-state index contributed by atoms with van der Waals surface area (Å²) in [4.78, 5) is 17.2. The summed E-state index contributed by atoms with van der Waals surface area (Å²) in [5.74, 6) is 0. The van der Waals surface area contributed by atoms with Gasteiger partial charge in [-0.05, 0) is 34.0 Å². The second-order valence-corrected chi connectivity index (χ2v) is 3.15. The van der Waals surface area contributed by atoms with Crippen LogP contribution < -0.4 is 0 Å². The first kappa shape index (κ1) is 9.10. The molecule has 0 fully saturated rings. The maximum Gasteiger partial charge on any atom is 0.234 e. The zero-order valence-electron chi connectivity index (χ0n) is 6.33. The Hall–Kier alpha value is -0.990. The van der Waals surface area contributed by atoms with Gasteiger partial charge in [-0.2, -0.15) is 0 Å². The number of rotatable bonds is 3. The standard InChI is InChI=1S/C8H7BrN2O/c9-8-3-7(4-11-5-8)1-2-10-6-12/h3-5H,1-2H2. The van der Waals surface area contributed by atoms with Crippen molar-refractivity contribution in [1.29, 1.82) is 0 Å². The van der Waals surface area contributed by atoms with Crippen LogP contribution in [-0.4, -0.2) is 17.6 Å². The summed E-state index contributed by atoms with van der Waals surface area (Å²) < 4.78 is 0.940. The molecule has 0 N–H and O–H groups in total. The number of pyridine rings is 1. The monoisotopic (exact) mass is 226 g/mol. The normalized spacial score (nSPS) is 9.08. The van der Waals surface area contributed by atoms with Crippen molar-refractivity contribution in [3.05, 3.63) is 28.5 Å². The van der Waals surface area contributed by atoms with Gasteiger partial charge in [0.2, 0.25) is 6.08 Å². The molecule has 0 aliphatic rings. The number of hydrogen-bond donors (Lipinski definition) is 0. The molecule has 0 saturated carbocycles. The predicted octanol–water partition coefficient (Wildman–Crippen LogP) is 1.72. The van der Waals surface area contributed by atoms with Crippen LogP contribution in [-0.2, 0) is 11.2 Å². The molecule has 4 heteroatoms. The molecule has 12 heavy (non-hydrogen) atoms. The van der Waals surface area contributed by atoms with E-state index in [0.717, 1.165) is 16.5 Å². The van der Waals surface area contributed by atoms with Gasteiger partial charge in [-0.15, -0.1) is 0 Å². The lowest BCUT2D eigenvalue weighted by Crippen LogP contribution is -1.89. The number of aromatic nitrogens is 1. The van der Waals surface area contributed by atoms with Crippen LogP contribution in [0.1, 0.15) is 5.56 Å². The molecule has 0 radical (unpaired) electrons. The first-order chi connectivity index (χ1) is 5.83. The van der Waals surface area contributed by atoms with Crippen molar-refractivity contribution < 1.29 is 4.79 Å². The van der Waals surface area contributed by atoms with Crippen molar-refractivity contribution in [3.8, 4) is 0 Å². The van der Waals surface area contributed by atoms with E-state index >= 15 is 0 Å². The zero-order valence-corrected chi connectivity index (χ0v) is 7.91. The molecule has 0 amide bonds. The molecular weight excluding hydrogens is 220 g/mol. The number of halogens is 1. The summed E-state index contributed by atoms with van der Waals surface area (Å²) in [7, 11) is 0. The zero-order chi connectivity index (χ0) is 8.81. The minimum Gasteiger partial charge on any atom is -0.263 e. The van der Waals surface area contributed by atoms with Crippen LogP contribution in [0.2, 0.25) is 0 Å². The molecule has 1 heterocycles. The molecular formula is C8H7BrN2O. The second-order valence-electron chi connectivity index (χ2n) is 2.23. The lowest BCUT2D eigenvalue weighted by Gasteiger charge is -1.96. The minimum atomic E-state index is 0.474. The highest BCUT2D eigenvalue weighted by atomic mass is 79.9. The average molecular weight is 227 g/mol. The molecule has 3 nitrogen and oxygen atoms in total. The fourth-order valence-electron chi connectivity index (χ4n) is 0.823. The van der Waals surface area contributed by atoms with Gasteiger partial charge in [-0.3, -0.25) is 4.98 Å². The molecule has 62 valence electrons. The van der Waals surface area contributed by atoms with Gasteiger partial charge in [-0.25, -0.2) is 9.79 Å². The van der Waals surface area contributed by atoms with E-state index < -0.39 is 0 Å². The number of carbonyl (C=O) groups excluding carboxylic acids is 1. The molecule has 1 aromatic rings. The van der Waals surface area contributed by atoms with Crippen LogP contribution in [0.25, 0.3) is 0 Å². The molecule has 0 aliphatic heterocycles. The topological polar surface area (TPSA) is 42.3 Å². The summed E-state index contributed by atoms with van der Waals surface area (Å²) in [6, 6.07) is 1.95. The highest BCUT2D eigenvalue weighted by Crippen LogP contribution is 2.09. The van der Waals surface area contributed by atoms with E-state index in [1.165, 1.54) is 6.08 Å². The summed E-state index contributed by atoms with van der Waals surface area (Å²) in [5.41, 5.74) is 1.06. The maximum absolute atomic E-state index is 9.75. The van der Waals surface area contributed by atoms with Gasteiger partial charge in [0.25, 0.3) is 0 Å². The van der Waals surface area contributed by atoms with Crippen LogP contribution in [0.5, 0.6) is 0 Å². The number of aliphatic imine (C=N–C) groups is 1. The Bertz CT molecular complexity index is 308. The van der Waals surface area contributed by atoms with Crippen molar-refractivity contribution in [2.24, 2.45) is 4.99 Å². The Kier molecular flexibility index (Phi) is 3.64. The lowest BCUT2D eigenvalue weighted by atomic mass is 10.2. The van der Waals surface area contributed by atoms with E-state index in [2.05, 4.69) is 25.9 Å². The van der Waals surface area contributed by atoms with E-state index in [0.29, 0.717) is 6.54 Å². The van der Waals surface area contributed by atoms with Crippen molar-refractivity contribution in [2.45, 2.75) is 6.42 Å². The van der Waals surface area contributed by atoms with E-state index in [4.69, 9.17) is 0 Å². The fourth-order valence-corrected chi connectivity index (χ4v) is 1.24. The van der Waals surface area contributed by atoms with E-state index in [1.54, 1.807) is 12.4 Å². The van der Waals surface area contributed by atoms with Gasteiger partial charge >= 0.3 is 0 Å². The van der Waals surface area contributed by atoms with Crippen molar-refractivity contribution >= 4 is 22.0 Å². The first-order valence-electron chi connectivity index (χ1n) is 3.46. The molecule has 0 saturated heterocycles. The van der Waals surface area contributed by atoms with Crippen molar-refractivity contribution in [2.75, 3.05) is 6.54 Å². The quantitative estimate of drug-likeness (QED) is 0.582. The molecule has 0 atom stereocenters. The molecule has 1 rings (SSSR count). The van der Waals surface area contributed by atoms with Crippen LogP contribution in [0.15, 0.2) is 27.9 Å². The first-order valence-corrected chi connectivity index (χ1v) is 4.25. The van der Waals surface area contributed by atoms with Gasteiger partial charge in [0, 0.05) is 16.9 Å². The SMILES string of the molecule is O=C=NCCc1cncc(Br)c1. The van der Waals surface area contributed by atoms with Gasteiger partial charge in [0.05, 0.1) is 6.54 Å². The molecule has 1 aromatic heterocycles. The number of nitrogens with zero attached hydrogens (tertiary/aromatic N) is 2. The van der Waals surface area contributed by atoms with Gasteiger partial charge in [0.1, 0.15) is 0 Å². The predicted molar refractivity (Wildman–Crippen MR) is 48.6 cm³/mol. The van der Waals surface area contributed by atoms with Gasteiger partial charge in [-0.1, -0.05) is 0 Å². The number of isocyanates is 1. The third kappa shape index (κ3) is 2.95. The fraction of sp³-hybridized carbons (Fsp3) is 0.250. The average Bonchev–Trinajstić information content (AvgIpc) is 2.05. The maximum atomic E-state index is 9.75. The Balaban J connectivity index is 2.57. The van der Waals surface area contributed by atoms with E-state index in [-0.39, 0.29) is 0 Å². The molecule has 0 aliphatic carbocycles. The Morgan fingerprint density at radius 1 is 1.58 bits per heavy atom. The van der Waals surface area contributed by atoms with Crippen LogP contribution in [0, 0.1) is 0 Å². The second kappa shape index (κ2) is 4.80. The van der Waals surface area contributed by atoms with Gasteiger partial charge in [0.15, 0.2) is 0 Å². The van der Waals surface area contributed by atoms with Crippen molar-refractivity contribution in [3.63, 3.8) is 0 Å². The van der Waals surface area contributed by atoms with Gasteiger partial charge < -0.3 is 0 Å². The Morgan fingerprint density at radius 2 is 2.42 bits per heavy atom. The number of hydrogen-bond acceptors (Lipinski definition) is 3. The third-order valence-corrected chi connectivity index (χ3v) is 1.77. The molecule has 0 unspecified atom stereocenters. The van der Waals surface area contributed by atoms with Crippen molar-refractivity contribution in [1.82, 2.24) is 4.98 Å². The Morgan fingerprint density at radius 3 is 3.08 bits per heavy atom.